The summed E-state index contributed by atoms with van der Waals surface area (Å²) in [6.45, 7) is 5.91. The van der Waals surface area contributed by atoms with Gasteiger partial charge in [0, 0.05) is 18.5 Å². The molecular weight excluding hydrogens is 178 g/mol. The molecule has 0 saturated heterocycles. The van der Waals surface area contributed by atoms with Gasteiger partial charge in [-0.25, -0.2) is 0 Å². The first-order valence-electron chi connectivity index (χ1n) is 4.66. The van der Waals surface area contributed by atoms with Gasteiger partial charge in [0.15, 0.2) is 0 Å². The van der Waals surface area contributed by atoms with Gasteiger partial charge >= 0.3 is 0 Å². The van der Waals surface area contributed by atoms with E-state index in [4.69, 9.17) is 4.42 Å². The largest absolute Gasteiger partial charge is 0.469 e. The van der Waals surface area contributed by atoms with Crippen LogP contribution in [-0.2, 0) is 11.2 Å². The summed E-state index contributed by atoms with van der Waals surface area (Å²) >= 11 is 0. The summed E-state index contributed by atoms with van der Waals surface area (Å²) in [6.07, 6.45) is 3.39. The summed E-state index contributed by atoms with van der Waals surface area (Å²) in [6, 6.07) is 3.79. The average Bonchev–Trinajstić information content (AvgIpc) is 2.64. The predicted octanol–water partition coefficient (Wildman–Crippen LogP) is 1.90. The SMILES string of the molecule is C=C(C)C(=O)NCCCc1ccco1. The summed E-state index contributed by atoms with van der Waals surface area (Å²) < 4.78 is 5.16. The topological polar surface area (TPSA) is 42.2 Å². The van der Waals surface area contributed by atoms with E-state index in [0.29, 0.717) is 12.1 Å². The van der Waals surface area contributed by atoms with Crippen molar-refractivity contribution in [3.05, 3.63) is 36.3 Å². The van der Waals surface area contributed by atoms with Gasteiger partial charge in [-0.3, -0.25) is 4.79 Å². The summed E-state index contributed by atoms with van der Waals surface area (Å²) in [7, 11) is 0. The highest BCUT2D eigenvalue weighted by molar-refractivity contribution is 5.91. The van der Waals surface area contributed by atoms with E-state index in [2.05, 4.69) is 11.9 Å². The molecule has 76 valence electrons. The molecule has 0 radical (unpaired) electrons. The van der Waals surface area contributed by atoms with Gasteiger partial charge in [-0.1, -0.05) is 6.58 Å². The zero-order valence-electron chi connectivity index (χ0n) is 8.38. The zero-order chi connectivity index (χ0) is 10.4. The first-order valence-corrected chi connectivity index (χ1v) is 4.66. The maximum Gasteiger partial charge on any atom is 0.246 e. The van der Waals surface area contributed by atoms with Gasteiger partial charge in [-0.2, -0.15) is 0 Å². The highest BCUT2D eigenvalue weighted by Crippen LogP contribution is 2.02. The molecule has 1 amide bonds. The lowest BCUT2D eigenvalue weighted by Gasteiger charge is -2.02. The second-order valence-corrected chi connectivity index (χ2v) is 3.22. The molecule has 0 saturated carbocycles. The van der Waals surface area contributed by atoms with E-state index >= 15 is 0 Å². The Hall–Kier alpha value is -1.51. The van der Waals surface area contributed by atoms with Gasteiger partial charge in [-0.15, -0.1) is 0 Å². The molecule has 3 nitrogen and oxygen atoms in total. The van der Waals surface area contributed by atoms with Gasteiger partial charge < -0.3 is 9.73 Å². The van der Waals surface area contributed by atoms with Crippen molar-refractivity contribution in [3.8, 4) is 0 Å². The molecule has 0 bridgehead atoms. The van der Waals surface area contributed by atoms with Crippen molar-refractivity contribution in [2.45, 2.75) is 19.8 Å². The van der Waals surface area contributed by atoms with Crippen molar-refractivity contribution in [2.75, 3.05) is 6.54 Å². The van der Waals surface area contributed by atoms with Crippen LogP contribution in [0.5, 0.6) is 0 Å². The molecule has 14 heavy (non-hydrogen) atoms. The minimum absolute atomic E-state index is 0.0792. The number of carbonyl (C=O) groups is 1. The van der Waals surface area contributed by atoms with Crippen LogP contribution >= 0.6 is 0 Å². The average molecular weight is 193 g/mol. The predicted molar refractivity (Wildman–Crippen MR) is 54.9 cm³/mol. The van der Waals surface area contributed by atoms with Crippen molar-refractivity contribution in [3.63, 3.8) is 0 Å². The second kappa shape index (κ2) is 5.27. The monoisotopic (exact) mass is 193 g/mol. The fourth-order valence-electron chi connectivity index (χ4n) is 1.07. The fraction of sp³-hybridized carbons (Fsp3) is 0.364. The van der Waals surface area contributed by atoms with Gasteiger partial charge in [0.25, 0.3) is 0 Å². The summed E-state index contributed by atoms with van der Waals surface area (Å²) in [5.41, 5.74) is 0.544. The fourth-order valence-corrected chi connectivity index (χ4v) is 1.07. The summed E-state index contributed by atoms with van der Waals surface area (Å²) in [5, 5.41) is 2.76. The molecule has 1 aromatic heterocycles. The molecule has 0 aliphatic heterocycles. The molecule has 1 N–H and O–H groups in total. The Kier molecular flexibility index (Phi) is 3.98. The molecule has 0 spiro atoms. The molecule has 0 atom stereocenters. The molecule has 1 aromatic rings. The lowest BCUT2D eigenvalue weighted by molar-refractivity contribution is -0.117. The van der Waals surface area contributed by atoms with E-state index in [0.717, 1.165) is 18.6 Å². The van der Waals surface area contributed by atoms with Crippen LogP contribution in [0.1, 0.15) is 19.1 Å². The quantitative estimate of drug-likeness (QED) is 0.573. The van der Waals surface area contributed by atoms with Crippen LogP contribution in [0.15, 0.2) is 35.0 Å². The number of hydrogen-bond acceptors (Lipinski definition) is 2. The van der Waals surface area contributed by atoms with E-state index in [-0.39, 0.29) is 5.91 Å². The van der Waals surface area contributed by atoms with Crippen LogP contribution < -0.4 is 5.32 Å². The minimum Gasteiger partial charge on any atom is -0.469 e. The molecule has 0 aliphatic rings. The van der Waals surface area contributed by atoms with Crippen LogP contribution in [0.2, 0.25) is 0 Å². The van der Waals surface area contributed by atoms with Crippen molar-refractivity contribution >= 4 is 5.91 Å². The number of rotatable bonds is 5. The number of amides is 1. The van der Waals surface area contributed by atoms with E-state index in [1.54, 1.807) is 13.2 Å². The van der Waals surface area contributed by atoms with Crippen molar-refractivity contribution < 1.29 is 9.21 Å². The van der Waals surface area contributed by atoms with E-state index in [1.807, 2.05) is 12.1 Å². The van der Waals surface area contributed by atoms with Crippen LogP contribution in [0, 0.1) is 0 Å². The van der Waals surface area contributed by atoms with Crippen molar-refractivity contribution in [1.82, 2.24) is 5.32 Å². The Morgan fingerprint density at radius 2 is 2.43 bits per heavy atom. The molecule has 3 heteroatoms. The standard InChI is InChI=1S/C11H15NO2/c1-9(2)11(13)12-7-3-5-10-6-4-8-14-10/h4,6,8H,1,3,5,7H2,2H3,(H,12,13). The van der Waals surface area contributed by atoms with E-state index < -0.39 is 0 Å². The Labute approximate surface area is 83.8 Å². The third kappa shape index (κ3) is 3.47. The number of nitrogens with one attached hydrogen (secondary N) is 1. The third-order valence-electron chi connectivity index (χ3n) is 1.85. The lowest BCUT2D eigenvalue weighted by atomic mass is 10.2. The van der Waals surface area contributed by atoms with Crippen LogP contribution in [0.3, 0.4) is 0 Å². The number of hydrogen-bond donors (Lipinski definition) is 1. The molecule has 0 fully saturated rings. The number of carbonyl (C=O) groups excluding carboxylic acids is 1. The summed E-state index contributed by atoms with van der Waals surface area (Å²) in [4.78, 5) is 11.1. The Morgan fingerprint density at radius 3 is 3.00 bits per heavy atom. The molecule has 1 rings (SSSR count). The lowest BCUT2D eigenvalue weighted by Crippen LogP contribution is -2.24. The summed E-state index contributed by atoms with van der Waals surface area (Å²) in [5.74, 6) is 0.874. The van der Waals surface area contributed by atoms with Crippen molar-refractivity contribution in [1.29, 1.82) is 0 Å². The van der Waals surface area contributed by atoms with Gasteiger partial charge in [0.2, 0.25) is 5.91 Å². The minimum atomic E-state index is -0.0792. The maximum absolute atomic E-state index is 11.1. The Morgan fingerprint density at radius 1 is 1.64 bits per heavy atom. The number of furan rings is 1. The molecule has 0 aromatic carbocycles. The second-order valence-electron chi connectivity index (χ2n) is 3.22. The van der Waals surface area contributed by atoms with Crippen LogP contribution in [0.4, 0.5) is 0 Å². The first-order chi connectivity index (χ1) is 6.70. The zero-order valence-corrected chi connectivity index (χ0v) is 8.38. The van der Waals surface area contributed by atoms with Crippen LogP contribution in [-0.4, -0.2) is 12.5 Å². The van der Waals surface area contributed by atoms with Crippen LogP contribution in [0.25, 0.3) is 0 Å². The van der Waals surface area contributed by atoms with Gasteiger partial charge in [0.1, 0.15) is 5.76 Å². The molecule has 0 unspecified atom stereocenters. The highest BCUT2D eigenvalue weighted by Gasteiger charge is 2.00. The van der Waals surface area contributed by atoms with E-state index in [9.17, 15) is 4.79 Å². The smallest absolute Gasteiger partial charge is 0.246 e. The van der Waals surface area contributed by atoms with Gasteiger partial charge in [-0.05, 0) is 25.5 Å². The molecule has 0 aliphatic carbocycles. The number of aryl methyl sites for hydroxylation is 1. The van der Waals surface area contributed by atoms with Gasteiger partial charge in [0.05, 0.1) is 6.26 Å². The highest BCUT2D eigenvalue weighted by atomic mass is 16.3. The van der Waals surface area contributed by atoms with E-state index in [1.165, 1.54) is 0 Å². The Balaban J connectivity index is 2.11. The molecule has 1 heterocycles. The maximum atomic E-state index is 11.1. The normalized spacial score (nSPS) is 9.79. The van der Waals surface area contributed by atoms with Crippen molar-refractivity contribution in [2.24, 2.45) is 0 Å². The Bertz CT molecular complexity index is 301. The third-order valence-corrected chi connectivity index (χ3v) is 1.85. The molecular formula is C11H15NO2. The first kappa shape index (κ1) is 10.6.